The van der Waals surface area contributed by atoms with Gasteiger partial charge in [-0.1, -0.05) is 12.2 Å². The molecule has 0 spiro atoms. The summed E-state index contributed by atoms with van der Waals surface area (Å²) in [5.41, 5.74) is 8.48. The zero-order valence-electron chi connectivity index (χ0n) is 14.4. The van der Waals surface area contributed by atoms with E-state index in [2.05, 4.69) is 20.6 Å². The number of imidazole rings is 1. The molecule has 5 nitrogen and oxygen atoms in total. The molecule has 2 heterocycles. The summed E-state index contributed by atoms with van der Waals surface area (Å²) >= 11 is 0. The number of hydrogen-bond acceptors (Lipinski definition) is 4. The van der Waals surface area contributed by atoms with E-state index in [1.807, 2.05) is 12.1 Å². The van der Waals surface area contributed by atoms with Crippen LogP contribution in [0.5, 0.6) is 0 Å². The summed E-state index contributed by atoms with van der Waals surface area (Å²) in [7, 11) is 1.72. The Balaban J connectivity index is 2.08. The average molecular weight is 365 g/mol. The number of benzene rings is 1. The summed E-state index contributed by atoms with van der Waals surface area (Å²) in [5, 5.41) is 5.64. The lowest BCUT2D eigenvalue weighted by Gasteiger charge is -2.24. The third-order valence-electron chi connectivity index (χ3n) is 4.45. The van der Waals surface area contributed by atoms with Crippen LogP contribution in [0.4, 0.5) is 24.5 Å². The third kappa shape index (κ3) is 4.01. The molecule has 1 aromatic carbocycles. The van der Waals surface area contributed by atoms with Gasteiger partial charge in [-0.05, 0) is 37.5 Å². The number of allylic oxidation sites excluding steroid dienone is 1. The number of nitrogens with zero attached hydrogens (tertiary/aromatic N) is 1. The molecule has 2 aromatic rings. The van der Waals surface area contributed by atoms with E-state index in [1.54, 1.807) is 31.5 Å². The molecular formula is C18H22F3N5. The van der Waals surface area contributed by atoms with Crippen molar-refractivity contribution in [2.24, 2.45) is 5.73 Å². The first-order valence-electron chi connectivity index (χ1n) is 8.49. The molecule has 1 aliphatic heterocycles. The summed E-state index contributed by atoms with van der Waals surface area (Å²) in [6.07, 6.45) is 1.59. The second-order valence-corrected chi connectivity index (χ2v) is 6.32. The molecule has 140 valence electrons. The van der Waals surface area contributed by atoms with Crippen LogP contribution in [0.25, 0.3) is 11.3 Å². The molecule has 26 heavy (non-hydrogen) atoms. The monoisotopic (exact) mass is 365 g/mol. The molecule has 0 radical (unpaired) electrons. The zero-order chi connectivity index (χ0) is 18.7. The molecule has 2 atom stereocenters. The van der Waals surface area contributed by atoms with E-state index in [9.17, 15) is 13.2 Å². The van der Waals surface area contributed by atoms with Gasteiger partial charge in [0.15, 0.2) is 0 Å². The van der Waals surface area contributed by atoms with Crippen molar-refractivity contribution in [3.63, 3.8) is 0 Å². The van der Waals surface area contributed by atoms with E-state index in [0.717, 1.165) is 5.69 Å². The molecule has 1 aromatic heterocycles. The van der Waals surface area contributed by atoms with E-state index < -0.39 is 12.2 Å². The van der Waals surface area contributed by atoms with Crippen LogP contribution in [0.1, 0.15) is 31.1 Å². The van der Waals surface area contributed by atoms with E-state index in [-0.39, 0.29) is 12.5 Å². The Morgan fingerprint density at radius 3 is 2.81 bits per heavy atom. The number of aromatic amines is 1. The maximum atomic E-state index is 13.5. The number of hydrogen-bond donors (Lipinski definition) is 4. The minimum absolute atomic E-state index is 0.0497. The number of nitrogens with two attached hydrogens (primary N) is 1. The van der Waals surface area contributed by atoms with Gasteiger partial charge in [0.05, 0.1) is 17.9 Å². The summed E-state index contributed by atoms with van der Waals surface area (Å²) in [6.45, 7) is 0. The van der Waals surface area contributed by atoms with Crippen molar-refractivity contribution in [2.45, 2.75) is 37.5 Å². The van der Waals surface area contributed by atoms with E-state index >= 15 is 0 Å². The van der Waals surface area contributed by atoms with Crippen LogP contribution >= 0.6 is 0 Å². The molecule has 8 heteroatoms. The summed E-state index contributed by atoms with van der Waals surface area (Å²) in [6, 6.07) is 3.28. The molecule has 3 rings (SSSR count). The number of fused-ring (bicyclic) bond motifs is 4. The maximum absolute atomic E-state index is 13.5. The highest BCUT2D eigenvalue weighted by molar-refractivity contribution is 5.79. The molecule has 2 unspecified atom stereocenters. The second kappa shape index (κ2) is 7.41. The fourth-order valence-corrected chi connectivity index (χ4v) is 2.96. The van der Waals surface area contributed by atoms with Crippen LogP contribution in [0.15, 0.2) is 36.5 Å². The average Bonchev–Trinajstić information content (AvgIpc) is 3.08. The van der Waals surface area contributed by atoms with E-state index in [0.29, 0.717) is 35.6 Å². The van der Waals surface area contributed by atoms with Gasteiger partial charge in [0, 0.05) is 24.0 Å². The molecular weight excluding hydrogens is 343 g/mol. The smallest absolute Gasteiger partial charge is 0.388 e. The maximum Gasteiger partial charge on any atom is 0.408 e. The topological polar surface area (TPSA) is 78.8 Å². The van der Waals surface area contributed by atoms with Crippen molar-refractivity contribution >= 4 is 11.4 Å². The van der Waals surface area contributed by atoms with E-state index in [1.165, 1.54) is 0 Å². The molecule has 0 saturated carbocycles. The third-order valence-corrected chi connectivity index (χ3v) is 4.45. The van der Waals surface area contributed by atoms with Crippen molar-refractivity contribution < 1.29 is 13.2 Å². The minimum Gasteiger partial charge on any atom is -0.388 e. The lowest BCUT2D eigenvalue weighted by Crippen LogP contribution is -2.36. The fraction of sp³-hybridized carbons (Fsp3) is 0.389. The van der Waals surface area contributed by atoms with Gasteiger partial charge >= 0.3 is 6.18 Å². The first-order valence-corrected chi connectivity index (χ1v) is 8.49. The Morgan fingerprint density at radius 1 is 1.27 bits per heavy atom. The predicted molar refractivity (Wildman–Crippen MR) is 97.0 cm³/mol. The normalized spacial score (nSPS) is 22.2. The SMILES string of the molecule is CNc1ccc2c(c1)NC(C(F)(F)F)CC/C=C\CC(N)c1ncc-2[nH]1. The lowest BCUT2D eigenvalue weighted by atomic mass is 10.1. The van der Waals surface area contributed by atoms with Gasteiger partial charge < -0.3 is 21.4 Å². The van der Waals surface area contributed by atoms with Crippen LogP contribution in [0.3, 0.4) is 0 Å². The minimum atomic E-state index is -4.35. The Morgan fingerprint density at radius 2 is 2.08 bits per heavy atom. The highest BCUT2D eigenvalue weighted by atomic mass is 19.4. The van der Waals surface area contributed by atoms with Gasteiger partial charge in [-0.3, -0.25) is 0 Å². The summed E-state index contributed by atoms with van der Waals surface area (Å²) in [5.74, 6) is 0.611. The zero-order valence-corrected chi connectivity index (χ0v) is 14.4. The Kier molecular flexibility index (Phi) is 5.22. The van der Waals surface area contributed by atoms with Crippen molar-refractivity contribution in [1.29, 1.82) is 0 Å². The second-order valence-electron chi connectivity index (χ2n) is 6.32. The lowest BCUT2D eigenvalue weighted by molar-refractivity contribution is -0.143. The van der Waals surface area contributed by atoms with Crippen molar-refractivity contribution in [1.82, 2.24) is 9.97 Å². The number of halogens is 3. The molecule has 0 aliphatic carbocycles. The predicted octanol–water partition coefficient (Wildman–Crippen LogP) is 4.20. The van der Waals surface area contributed by atoms with Crippen molar-refractivity contribution in [3.8, 4) is 11.3 Å². The first-order chi connectivity index (χ1) is 12.4. The Bertz CT molecular complexity index is 781. The van der Waals surface area contributed by atoms with Gasteiger partial charge in [0.1, 0.15) is 11.9 Å². The van der Waals surface area contributed by atoms with Gasteiger partial charge in [-0.25, -0.2) is 4.98 Å². The van der Waals surface area contributed by atoms with Crippen LogP contribution in [0.2, 0.25) is 0 Å². The van der Waals surface area contributed by atoms with Crippen molar-refractivity contribution in [2.75, 3.05) is 17.7 Å². The van der Waals surface area contributed by atoms with Crippen LogP contribution in [0, 0.1) is 0 Å². The number of alkyl halides is 3. The highest BCUT2D eigenvalue weighted by Crippen LogP contribution is 2.34. The van der Waals surface area contributed by atoms with Crippen molar-refractivity contribution in [3.05, 3.63) is 42.4 Å². The highest BCUT2D eigenvalue weighted by Gasteiger charge is 2.39. The first kappa shape index (κ1) is 18.3. The molecule has 0 fully saturated rings. The number of nitrogens with one attached hydrogen (secondary N) is 3. The molecule has 2 bridgehead atoms. The quantitative estimate of drug-likeness (QED) is 0.571. The van der Waals surface area contributed by atoms with Gasteiger partial charge in [-0.2, -0.15) is 13.2 Å². The number of H-pyrrole nitrogens is 1. The summed E-state index contributed by atoms with van der Waals surface area (Å²) in [4.78, 5) is 7.43. The Labute approximate surface area is 149 Å². The number of rotatable bonds is 1. The van der Waals surface area contributed by atoms with Crippen LogP contribution in [-0.4, -0.2) is 29.2 Å². The molecule has 1 aliphatic rings. The largest absolute Gasteiger partial charge is 0.408 e. The number of aromatic nitrogens is 2. The molecule has 0 amide bonds. The molecule has 5 N–H and O–H groups in total. The Hall–Kier alpha value is -2.48. The van der Waals surface area contributed by atoms with Crippen LogP contribution in [-0.2, 0) is 0 Å². The van der Waals surface area contributed by atoms with Crippen LogP contribution < -0.4 is 16.4 Å². The van der Waals surface area contributed by atoms with Gasteiger partial charge in [0.2, 0.25) is 0 Å². The summed E-state index contributed by atoms with van der Waals surface area (Å²) < 4.78 is 40.5. The number of anilines is 2. The molecule has 0 saturated heterocycles. The van der Waals surface area contributed by atoms with Gasteiger partial charge in [0.25, 0.3) is 0 Å². The van der Waals surface area contributed by atoms with Gasteiger partial charge in [-0.15, -0.1) is 0 Å². The standard InChI is InChI=1S/C18H22F3N5/c1-23-11-7-8-12-14(9-11)25-16(18(19,20)21)6-4-2-3-5-13(22)17-24-10-15(12)26-17/h2-3,7-10,13,16,23,25H,4-6,22H2,1H3,(H,24,26)/b3-2-. The fourth-order valence-electron chi connectivity index (χ4n) is 2.96. The van der Waals surface area contributed by atoms with E-state index in [4.69, 9.17) is 5.73 Å².